The molecule has 2 aromatic rings. The molecule has 0 aliphatic rings. The minimum absolute atomic E-state index is 0.765. The highest BCUT2D eigenvalue weighted by atomic mass is 79.9. The minimum Gasteiger partial charge on any atom is -0.379 e. The zero-order valence-corrected chi connectivity index (χ0v) is 11.9. The fourth-order valence-corrected chi connectivity index (χ4v) is 2.29. The second-order valence-electron chi connectivity index (χ2n) is 4.19. The number of nitrogens with zero attached hydrogens (tertiary/aromatic N) is 2. The van der Waals surface area contributed by atoms with E-state index in [1.54, 1.807) is 0 Å². The van der Waals surface area contributed by atoms with Gasteiger partial charge in [-0.25, -0.2) is 0 Å². The first kappa shape index (κ1) is 12.2. The van der Waals surface area contributed by atoms with Gasteiger partial charge in [0, 0.05) is 12.7 Å². The van der Waals surface area contributed by atoms with E-state index in [0.717, 1.165) is 28.1 Å². The maximum absolute atomic E-state index is 4.37. The van der Waals surface area contributed by atoms with Crippen LogP contribution in [-0.4, -0.2) is 9.78 Å². The molecule has 0 amide bonds. The van der Waals surface area contributed by atoms with Gasteiger partial charge in [0.2, 0.25) is 0 Å². The molecule has 3 nitrogen and oxygen atoms in total. The molecular weight excluding hydrogens is 278 g/mol. The van der Waals surface area contributed by atoms with Crippen molar-refractivity contribution in [2.45, 2.75) is 20.4 Å². The van der Waals surface area contributed by atoms with Crippen LogP contribution in [0.3, 0.4) is 0 Å². The second kappa shape index (κ2) is 4.92. The van der Waals surface area contributed by atoms with Crippen molar-refractivity contribution in [1.29, 1.82) is 0 Å². The van der Waals surface area contributed by atoms with Gasteiger partial charge in [-0.15, -0.1) is 0 Å². The van der Waals surface area contributed by atoms with Gasteiger partial charge in [-0.3, -0.25) is 4.68 Å². The molecule has 0 aliphatic carbocycles. The molecule has 0 bridgehead atoms. The van der Waals surface area contributed by atoms with Gasteiger partial charge in [0.1, 0.15) is 0 Å². The van der Waals surface area contributed by atoms with Crippen LogP contribution >= 0.6 is 15.9 Å². The Morgan fingerprint density at radius 2 is 2.12 bits per heavy atom. The Kier molecular flexibility index (Phi) is 3.52. The molecule has 1 aromatic heterocycles. The Balaban J connectivity index is 2.12. The first-order valence-electron chi connectivity index (χ1n) is 5.56. The Morgan fingerprint density at radius 1 is 1.35 bits per heavy atom. The Morgan fingerprint density at radius 3 is 2.71 bits per heavy atom. The summed E-state index contributed by atoms with van der Waals surface area (Å²) in [6.07, 6.45) is 0. The van der Waals surface area contributed by atoms with Gasteiger partial charge < -0.3 is 5.32 Å². The van der Waals surface area contributed by atoms with Gasteiger partial charge in [-0.2, -0.15) is 5.10 Å². The fourth-order valence-electron chi connectivity index (χ4n) is 1.81. The lowest BCUT2D eigenvalue weighted by Gasteiger charge is -2.08. The predicted octanol–water partition coefficient (Wildman–Crippen LogP) is 3.41. The number of hydrogen-bond acceptors (Lipinski definition) is 2. The lowest BCUT2D eigenvalue weighted by atomic mass is 10.2. The maximum atomic E-state index is 4.37. The average Bonchev–Trinajstić information content (AvgIpc) is 2.51. The van der Waals surface area contributed by atoms with Crippen LogP contribution in [0.15, 0.2) is 28.7 Å². The van der Waals surface area contributed by atoms with Gasteiger partial charge in [-0.05, 0) is 47.5 Å². The zero-order valence-electron chi connectivity index (χ0n) is 10.3. The third kappa shape index (κ3) is 2.69. The topological polar surface area (TPSA) is 29.9 Å². The van der Waals surface area contributed by atoms with Crippen LogP contribution in [-0.2, 0) is 13.6 Å². The van der Waals surface area contributed by atoms with Crippen molar-refractivity contribution in [3.63, 3.8) is 0 Å². The van der Waals surface area contributed by atoms with Gasteiger partial charge in [0.15, 0.2) is 0 Å². The number of benzene rings is 1. The van der Waals surface area contributed by atoms with Crippen LogP contribution in [0.25, 0.3) is 0 Å². The molecule has 0 spiro atoms. The van der Waals surface area contributed by atoms with Gasteiger partial charge in [-0.1, -0.05) is 12.1 Å². The summed E-state index contributed by atoms with van der Waals surface area (Å²) in [7, 11) is 1.96. The van der Waals surface area contributed by atoms with E-state index in [1.807, 2.05) is 18.7 Å². The summed E-state index contributed by atoms with van der Waals surface area (Å²) >= 11 is 3.57. The summed E-state index contributed by atoms with van der Waals surface area (Å²) in [6.45, 7) is 4.86. The van der Waals surface area contributed by atoms with Gasteiger partial charge >= 0.3 is 0 Å². The monoisotopic (exact) mass is 293 g/mol. The molecule has 1 N–H and O–H groups in total. The summed E-state index contributed by atoms with van der Waals surface area (Å²) in [6, 6.07) is 8.36. The quantitative estimate of drug-likeness (QED) is 0.940. The molecule has 4 heteroatoms. The summed E-state index contributed by atoms with van der Waals surface area (Å²) in [5.74, 6) is 0. The van der Waals surface area contributed by atoms with Crippen molar-refractivity contribution in [3.8, 4) is 0 Å². The molecule has 0 aliphatic heterocycles. The molecule has 1 heterocycles. The highest BCUT2D eigenvalue weighted by Crippen LogP contribution is 2.21. The zero-order chi connectivity index (χ0) is 12.4. The van der Waals surface area contributed by atoms with Crippen molar-refractivity contribution in [1.82, 2.24) is 9.78 Å². The van der Waals surface area contributed by atoms with E-state index in [2.05, 4.69) is 57.5 Å². The highest BCUT2D eigenvalue weighted by Gasteiger charge is 2.09. The molecule has 90 valence electrons. The first-order chi connectivity index (χ1) is 8.08. The number of aryl methyl sites for hydroxylation is 3. The minimum atomic E-state index is 0.765. The highest BCUT2D eigenvalue weighted by molar-refractivity contribution is 9.10. The van der Waals surface area contributed by atoms with E-state index in [0.29, 0.717) is 0 Å². The summed E-state index contributed by atoms with van der Waals surface area (Å²) < 4.78 is 2.99. The maximum Gasteiger partial charge on any atom is 0.0739 e. The SMILES string of the molecule is Cc1cccc(NCc2c(Br)c(C)nn2C)c1. The van der Waals surface area contributed by atoms with E-state index in [4.69, 9.17) is 0 Å². The van der Waals surface area contributed by atoms with Crippen molar-refractivity contribution in [2.24, 2.45) is 7.05 Å². The van der Waals surface area contributed by atoms with Crippen LogP contribution in [0, 0.1) is 13.8 Å². The van der Waals surface area contributed by atoms with Gasteiger partial charge in [0.05, 0.1) is 22.4 Å². The molecule has 17 heavy (non-hydrogen) atoms. The Hall–Kier alpha value is -1.29. The van der Waals surface area contributed by atoms with Gasteiger partial charge in [0.25, 0.3) is 0 Å². The molecule has 0 fully saturated rings. The summed E-state index contributed by atoms with van der Waals surface area (Å²) in [5, 5.41) is 7.78. The van der Waals surface area contributed by atoms with Crippen molar-refractivity contribution in [2.75, 3.05) is 5.32 Å². The number of halogens is 1. The second-order valence-corrected chi connectivity index (χ2v) is 4.99. The number of hydrogen-bond donors (Lipinski definition) is 1. The third-order valence-corrected chi connectivity index (χ3v) is 3.77. The summed E-state index contributed by atoms with van der Waals surface area (Å²) in [5.41, 5.74) is 4.57. The van der Waals surface area contributed by atoms with Crippen LogP contribution in [0.5, 0.6) is 0 Å². The van der Waals surface area contributed by atoms with E-state index in [1.165, 1.54) is 5.56 Å². The average molecular weight is 294 g/mol. The van der Waals surface area contributed by atoms with Crippen molar-refractivity contribution >= 4 is 21.6 Å². The van der Waals surface area contributed by atoms with Crippen LogP contribution in [0.4, 0.5) is 5.69 Å². The number of rotatable bonds is 3. The molecule has 1 aromatic carbocycles. The standard InChI is InChI=1S/C13H16BrN3/c1-9-5-4-6-11(7-9)15-8-12-13(14)10(2)16-17(12)3/h4-7,15H,8H2,1-3H3. The van der Waals surface area contributed by atoms with Crippen LogP contribution in [0.1, 0.15) is 17.0 Å². The van der Waals surface area contributed by atoms with Crippen molar-refractivity contribution in [3.05, 3.63) is 45.7 Å². The van der Waals surface area contributed by atoms with Crippen molar-refractivity contribution < 1.29 is 0 Å². The molecule has 0 saturated heterocycles. The molecular formula is C13H16BrN3. The predicted molar refractivity (Wildman–Crippen MR) is 74.2 cm³/mol. The molecule has 0 atom stereocenters. The van der Waals surface area contributed by atoms with E-state index in [9.17, 15) is 0 Å². The lowest BCUT2D eigenvalue weighted by Crippen LogP contribution is -2.06. The number of aromatic nitrogens is 2. The molecule has 0 radical (unpaired) electrons. The van der Waals surface area contributed by atoms with Crippen LogP contribution < -0.4 is 5.32 Å². The van der Waals surface area contributed by atoms with E-state index < -0.39 is 0 Å². The number of nitrogens with one attached hydrogen (secondary N) is 1. The largest absolute Gasteiger partial charge is 0.379 e. The molecule has 0 saturated carbocycles. The smallest absolute Gasteiger partial charge is 0.0739 e. The lowest BCUT2D eigenvalue weighted by molar-refractivity contribution is 0.712. The summed E-state index contributed by atoms with van der Waals surface area (Å²) in [4.78, 5) is 0. The van der Waals surface area contributed by atoms with E-state index >= 15 is 0 Å². The Labute approximate surface area is 110 Å². The molecule has 2 rings (SSSR count). The van der Waals surface area contributed by atoms with E-state index in [-0.39, 0.29) is 0 Å². The van der Waals surface area contributed by atoms with Crippen LogP contribution in [0.2, 0.25) is 0 Å². The normalized spacial score (nSPS) is 10.6. The number of anilines is 1. The molecule has 0 unspecified atom stereocenters. The fraction of sp³-hybridized carbons (Fsp3) is 0.308. The Bertz CT molecular complexity index is 531. The third-order valence-electron chi connectivity index (χ3n) is 2.74. The first-order valence-corrected chi connectivity index (χ1v) is 6.35.